The molecule has 0 bridgehead atoms. The van der Waals surface area contributed by atoms with Crippen LogP contribution in [0.3, 0.4) is 0 Å². The number of carboxylic acids is 1. The summed E-state index contributed by atoms with van der Waals surface area (Å²) >= 11 is 0. The van der Waals surface area contributed by atoms with Gasteiger partial charge in [-0.05, 0) is 11.6 Å². The van der Waals surface area contributed by atoms with Gasteiger partial charge in [0.25, 0.3) is 5.91 Å². The zero-order valence-electron chi connectivity index (χ0n) is 12.1. The van der Waals surface area contributed by atoms with E-state index in [1.165, 1.54) is 18.6 Å². The molecule has 0 saturated heterocycles. The Bertz CT molecular complexity index is 845. The van der Waals surface area contributed by atoms with Gasteiger partial charge in [-0.15, -0.1) is 0 Å². The number of para-hydroxylation sites is 1. The number of aliphatic carboxylic acids is 1. The van der Waals surface area contributed by atoms with Crippen molar-refractivity contribution in [3.05, 3.63) is 60.3 Å². The van der Waals surface area contributed by atoms with Crippen LogP contribution in [0.25, 0.3) is 10.9 Å². The Hall–Kier alpha value is -3.22. The molecule has 0 saturated carbocycles. The number of benzene rings is 1. The van der Waals surface area contributed by atoms with E-state index in [0.717, 1.165) is 16.5 Å². The number of carbonyl (C=O) groups is 2. The maximum atomic E-state index is 12.1. The van der Waals surface area contributed by atoms with Crippen LogP contribution in [-0.2, 0) is 11.2 Å². The molecule has 7 nitrogen and oxygen atoms in total. The average Bonchev–Trinajstić information content (AvgIpc) is 2.98. The molecule has 2 heterocycles. The van der Waals surface area contributed by atoms with Crippen LogP contribution in [0.5, 0.6) is 0 Å². The molecule has 0 fully saturated rings. The van der Waals surface area contributed by atoms with Crippen molar-refractivity contribution in [1.29, 1.82) is 0 Å². The van der Waals surface area contributed by atoms with Gasteiger partial charge in [0, 0.05) is 35.9 Å². The average molecular weight is 310 g/mol. The van der Waals surface area contributed by atoms with Crippen LogP contribution < -0.4 is 5.32 Å². The summed E-state index contributed by atoms with van der Waals surface area (Å²) in [6.45, 7) is 0. The zero-order valence-corrected chi connectivity index (χ0v) is 12.1. The predicted molar refractivity (Wildman–Crippen MR) is 82.9 cm³/mol. The Morgan fingerprint density at radius 3 is 2.83 bits per heavy atom. The standard InChI is InChI=1S/C16H14N4O3/c21-15(14-9-17-5-6-18-14)20-13(16(22)23)7-10-8-19-12-4-2-1-3-11(10)12/h1-6,8-9,13,19H,7H2,(H,20,21)(H,22,23)/t13-/m0/s1. The molecule has 0 aliphatic rings. The van der Waals surface area contributed by atoms with Crippen molar-refractivity contribution >= 4 is 22.8 Å². The van der Waals surface area contributed by atoms with E-state index in [2.05, 4.69) is 20.3 Å². The second-order valence-corrected chi connectivity index (χ2v) is 5.02. The molecule has 3 N–H and O–H groups in total. The minimum absolute atomic E-state index is 0.0812. The highest BCUT2D eigenvalue weighted by molar-refractivity contribution is 5.95. The SMILES string of the molecule is O=C(N[C@@H](Cc1c[nH]c2ccccc12)C(=O)O)c1cnccn1. The summed E-state index contributed by atoms with van der Waals surface area (Å²) in [5.41, 5.74) is 1.83. The molecular weight excluding hydrogens is 296 g/mol. The molecule has 0 spiro atoms. The van der Waals surface area contributed by atoms with Gasteiger partial charge in [0.05, 0.1) is 6.20 Å². The Labute approximate surface area is 131 Å². The molecular formula is C16H14N4O3. The van der Waals surface area contributed by atoms with Gasteiger partial charge in [0.1, 0.15) is 11.7 Å². The smallest absolute Gasteiger partial charge is 0.326 e. The number of amides is 1. The fraction of sp³-hybridized carbons (Fsp3) is 0.125. The number of H-pyrrole nitrogens is 1. The molecule has 1 amide bonds. The molecule has 3 aromatic rings. The summed E-state index contributed by atoms with van der Waals surface area (Å²) in [4.78, 5) is 34.3. The van der Waals surface area contributed by atoms with E-state index in [1.807, 2.05) is 24.3 Å². The molecule has 0 aliphatic carbocycles. The molecule has 1 aromatic carbocycles. The number of nitrogens with one attached hydrogen (secondary N) is 2. The Kier molecular flexibility index (Phi) is 4.01. The molecule has 7 heteroatoms. The van der Waals surface area contributed by atoms with Gasteiger partial charge in [0.2, 0.25) is 0 Å². The van der Waals surface area contributed by atoms with E-state index in [0.29, 0.717) is 0 Å². The number of nitrogens with zero attached hydrogens (tertiary/aromatic N) is 2. The third-order valence-corrected chi connectivity index (χ3v) is 3.50. The first-order valence-corrected chi connectivity index (χ1v) is 7.00. The fourth-order valence-electron chi connectivity index (χ4n) is 2.37. The molecule has 23 heavy (non-hydrogen) atoms. The molecule has 1 atom stereocenters. The maximum Gasteiger partial charge on any atom is 0.326 e. The van der Waals surface area contributed by atoms with Crippen LogP contribution in [0.2, 0.25) is 0 Å². The van der Waals surface area contributed by atoms with Crippen LogP contribution in [-0.4, -0.2) is 38.0 Å². The van der Waals surface area contributed by atoms with E-state index < -0.39 is 17.9 Å². The maximum absolute atomic E-state index is 12.1. The second-order valence-electron chi connectivity index (χ2n) is 5.02. The molecule has 0 unspecified atom stereocenters. The lowest BCUT2D eigenvalue weighted by Gasteiger charge is -2.13. The number of rotatable bonds is 5. The van der Waals surface area contributed by atoms with Gasteiger partial charge >= 0.3 is 5.97 Å². The van der Waals surface area contributed by atoms with Crippen molar-refractivity contribution in [3.63, 3.8) is 0 Å². The normalized spacial score (nSPS) is 12.0. The minimum atomic E-state index is -1.10. The first-order chi connectivity index (χ1) is 11.1. The lowest BCUT2D eigenvalue weighted by atomic mass is 10.0. The lowest BCUT2D eigenvalue weighted by molar-refractivity contribution is -0.139. The largest absolute Gasteiger partial charge is 0.480 e. The van der Waals surface area contributed by atoms with Crippen LogP contribution >= 0.6 is 0 Å². The van der Waals surface area contributed by atoms with Crippen LogP contribution in [0.1, 0.15) is 16.1 Å². The summed E-state index contributed by atoms with van der Waals surface area (Å²) in [5, 5.41) is 12.8. The summed E-state index contributed by atoms with van der Waals surface area (Å²) in [6, 6.07) is 6.54. The van der Waals surface area contributed by atoms with Crippen molar-refractivity contribution in [2.45, 2.75) is 12.5 Å². The van der Waals surface area contributed by atoms with Gasteiger partial charge in [-0.1, -0.05) is 18.2 Å². The number of carboxylic acid groups (broad SMARTS) is 1. The van der Waals surface area contributed by atoms with Crippen molar-refractivity contribution in [1.82, 2.24) is 20.3 Å². The summed E-state index contributed by atoms with van der Waals surface area (Å²) in [5.74, 6) is -1.67. The van der Waals surface area contributed by atoms with Crippen LogP contribution in [0.15, 0.2) is 49.1 Å². The van der Waals surface area contributed by atoms with E-state index in [9.17, 15) is 14.7 Å². The fourth-order valence-corrected chi connectivity index (χ4v) is 2.37. The molecule has 2 aromatic heterocycles. The number of carbonyl (C=O) groups excluding carboxylic acids is 1. The highest BCUT2D eigenvalue weighted by atomic mass is 16.4. The van der Waals surface area contributed by atoms with E-state index in [-0.39, 0.29) is 12.1 Å². The van der Waals surface area contributed by atoms with Crippen molar-refractivity contribution in [3.8, 4) is 0 Å². The van der Waals surface area contributed by atoms with Crippen molar-refractivity contribution in [2.24, 2.45) is 0 Å². The quantitative estimate of drug-likeness (QED) is 0.660. The Balaban J connectivity index is 1.80. The Morgan fingerprint density at radius 2 is 2.09 bits per heavy atom. The number of hydrogen-bond acceptors (Lipinski definition) is 4. The number of hydrogen-bond donors (Lipinski definition) is 3. The third-order valence-electron chi connectivity index (χ3n) is 3.50. The van der Waals surface area contributed by atoms with Crippen LogP contribution in [0.4, 0.5) is 0 Å². The second kappa shape index (κ2) is 6.27. The highest BCUT2D eigenvalue weighted by Crippen LogP contribution is 2.19. The topological polar surface area (TPSA) is 108 Å². The molecule has 0 aliphatic heterocycles. The van der Waals surface area contributed by atoms with E-state index in [1.54, 1.807) is 6.20 Å². The van der Waals surface area contributed by atoms with Crippen LogP contribution in [0, 0.1) is 0 Å². The predicted octanol–water partition coefficient (Wildman–Crippen LogP) is 1.38. The summed E-state index contributed by atoms with van der Waals surface area (Å²) in [6.07, 6.45) is 6.04. The summed E-state index contributed by atoms with van der Waals surface area (Å²) < 4.78 is 0. The monoisotopic (exact) mass is 310 g/mol. The van der Waals surface area contributed by atoms with Gasteiger partial charge in [0.15, 0.2) is 0 Å². The number of aromatic nitrogens is 3. The lowest BCUT2D eigenvalue weighted by Crippen LogP contribution is -2.42. The first kappa shape index (κ1) is 14.7. The van der Waals surface area contributed by atoms with Crippen molar-refractivity contribution < 1.29 is 14.7 Å². The number of fused-ring (bicyclic) bond motifs is 1. The van der Waals surface area contributed by atoms with E-state index in [4.69, 9.17) is 0 Å². The van der Waals surface area contributed by atoms with Gasteiger partial charge in [-0.25, -0.2) is 9.78 Å². The van der Waals surface area contributed by atoms with Gasteiger partial charge < -0.3 is 15.4 Å². The number of aromatic amines is 1. The summed E-state index contributed by atoms with van der Waals surface area (Å²) in [7, 11) is 0. The zero-order chi connectivity index (χ0) is 16.2. The highest BCUT2D eigenvalue weighted by Gasteiger charge is 2.23. The Morgan fingerprint density at radius 1 is 1.26 bits per heavy atom. The molecule has 116 valence electrons. The first-order valence-electron chi connectivity index (χ1n) is 7.00. The van der Waals surface area contributed by atoms with Crippen molar-refractivity contribution in [2.75, 3.05) is 0 Å². The minimum Gasteiger partial charge on any atom is -0.480 e. The molecule has 3 rings (SSSR count). The van der Waals surface area contributed by atoms with Gasteiger partial charge in [-0.2, -0.15) is 0 Å². The van der Waals surface area contributed by atoms with E-state index >= 15 is 0 Å². The van der Waals surface area contributed by atoms with Gasteiger partial charge in [-0.3, -0.25) is 9.78 Å². The molecule has 0 radical (unpaired) electrons. The third kappa shape index (κ3) is 3.18.